The molecule has 3 heterocycles. The fourth-order valence-corrected chi connectivity index (χ4v) is 4.04. The number of hydrogen-bond donors (Lipinski definition) is 1. The predicted molar refractivity (Wildman–Crippen MR) is 115 cm³/mol. The van der Waals surface area contributed by atoms with Crippen molar-refractivity contribution in [3.63, 3.8) is 0 Å². The van der Waals surface area contributed by atoms with E-state index in [2.05, 4.69) is 55.4 Å². The number of nitrogens with one attached hydrogen (secondary N) is 1. The smallest absolute Gasteiger partial charge is 0.254 e. The maximum absolute atomic E-state index is 13.3. The second-order valence-corrected chi connectivity index (χ2v) is 7.77. The summed E-state index contributed by atoms with van der Waals surface area (Å²) in [7, 11) is 0. The minimum atomic E-state index is -0.171. The lowest BCUT2D eigenvalue weighted by Crippen LogP contribution is -2.39. The minimum Gasteiger partial charge on any atom is -0.327 e. The van der Waals surface area contributed by atoms with Crippen molar-refractivity contribution in [2.75, 3.05) is 26.2 Å². The zero-order valence-electron chi connectivity index (χ0n) is 17.4. The average Bonchev–Trinajstić information content (AvgIpc) is 3.10. The summed E-state index contributed by atoms with van der Waals surface area (Å²) >= 11 is 0. The molecule has 1 aliphatic heterocycles. The van der Waals surface area contributed by atoms with Crippen LogP contribution in [0.1, 0.15) is 46.5 Å². The molecule has 156 valence electrons. The summed E-state index contributed by atoms with van der Waals surface area (Å²) in [6, 6.07) is 14.0. The normalized spacial score (nSPS) is 17.6. The van der Waals surface area contributed by atoms with E-state index in [9.17, 15) is 4.79 Å². The van der Waals surface area contributed by atoms with Crippen molar-refractivity contribution >= 4 is 5.91 Å². The van der Waals surface area contributed by atoms with Gasteiger partial charge >= 0.3 is 0 Å². The first-order chi connectivity index (χ1) is 14.7. The quantitative estimate of drug-likeness (QED) is 0.683. The van der Waals surface area contributed by atoms with Gasteiger partial charge in [-0.3, -0.25) is 14.9 Å². The maximum atomic E-state index is 13.3. The van der Waals surface area contributed by atoms with E-state index in [0.29, 0.717) is 17.9 Å². The van der Waals surface area contributed by atoms with E-state index in [0.717, 1.165) is 44.7 Å². The largest absolute Gasteiger partial charge is 0.327 e. The summed E-state index contributed by atoms with van der Waals surface area (Å²) in [4.78, 5) is 26.2. The molecule has 0 saturated carbocycles. The van der Waals surface area contributed by atoms with Crippen molar-refractivity contribution in [2.24, 2.45) is 0 Å². The lowest BCUT2D eigenvalue weighted by molar-refractivity contribution is 0.0664. The molecule has 4 rings (SSSR count). The van der Waals surface area contributed by atoms with Gasteiger partial charge in [-0.25, -0.2) is 4.98 Å². The lowest BCUT2D eigenvalue weighted by Gasteiger charge is -2.30. The monoisotopic (exact) mass is 404 g/mol. The Bertz CT molecular complexity index is 943. The van der Waals surface area contributed by atoms with Gasteiger partial charge in [0.15, 0.2) is 5.82 Å². The van der Waals surface area contributed by atoms with Gasteiger partial charge in [-0.15, -0.1) is 0 Å². The molecule has 30 heavy (non-hydrogen) atoms. The van der Waals surface area contributed by atoms with Crippen LogP contribution in [0.3, 0.4) is 0 Å². The van der Waals surface area contributed by atoms with Crippen molar-refractivity contribution in [3.05, 3.63) is 77.6 Å². The minimum absolute atomic E-state index is 0.0102. The van der Waals surface area contributed by atoms with Gasteiger partial charge in [0.1, 0.15) is 11.9 Å². The summed E-state index contributed by atoms with van der Waals surface area (Å²) in [5.74, 6) is 1.46. The molecule has 1 amide bonds. The Hall–Kier alpha value is -3.06. The van der Waals surface area contributed by atoms with Gasteiger partial charge in [-0.05, 0) is 57.0 Å². The van der Waals surface area contributed by atoms with Crippen molar-refractivity contribution in [3.8, 4) is 0 Å². The standard InChI is InChI=1S/C23H28N6O/c1-18-25-22(27-26-18)21-17-28(14-5-9-19-7-3-2-4-8-19)15-6-16-29(21)23(30)20-10-12-24-13-11-20/h2-4,7-8,10-13,21H,5-6,9,14-17H2,1H3,(H,25,26,27). The Morgan fingerprint density at radius 1 is 1.13 bits per heavy atom. The van der Waals surface area contributed by atoms with Crippen LogP contribution in [-0.4, -0.2) is 62.1 Å². The van der Waals surface area contributed by atoms with E-state index in [1.807, 2.05) is 11.8 Å². The van der Waals surface area contributed by atoms with Crippen LogP contribution in [0, 0.1) is 6.92 Å². The summed E-state index contributed by atoms with van der Waals surface area (Å²) in [6.07, 6.45) is 6.39. The van der Waals surface area contributed by atoms with Crippen LogP contribution >= 0.6 is 0 Å². The van der Waals surface area contributed by atoms with Crippen LogP contribution in [0.4, 0.5) is 0 Å². The Balaban J connectivity index is 1.48. The second-order valence-electron chi connectivity index (χ2n) is 7.77. The number of aromatic nitrogens is 4. The third-order valence-corrected chi connectivity index (χ3v) is 5.56. The van der Waals surface area contributed by atoms with Crippen LogP contribution in [0.5, 0.6) is 0 Å². The number of hydrogen-bond acceptors (Lipinski definition) is 5. The highest BCUT2D eigenvalue weighted by atomic mass is 16.2. The van der Waals surface area contributed by atoms with Gasteiger partial charge in [0.25, 0.3) is 5.91 Å². The van der Waals surface area contributed by atoms with E-state index < -0.39 is 0 Å². The molecule has 0 radical (unpaired) electrons. The van der Waals surface area contributed by atoms with E-state index in [1.165, 1.54) is 5.56 Å². The number of carbonyl (C=O) groups excluding carboxylic acids is 1. The van der Waals surface area contributed by atoms with Crippen molar-refractivity contribution in [1.82, 2.24) is 30.0 Å². The first-order valence-electron chi connectivity index (χ1n) is 10.6. The second kappa shape index (κ2) is 9.63. The zero-order chi connectivity index (χ0) is 20.8. The van der Waals surface area contributed by atoms with E-state index >= 15 is 0 Å². The molecule has 7 heteroatoms. The van der Waals surface area contributed by atoms with Crippen LogP contribution in [0.15, 0.2) is 54.9 Å². The first-order valence-corrected chi connectivity index (χ1v) is 10.6. The fraction of sp³-hybridized carbons (Fsp3) is 0.391. The molecule has 1 fully saturated rings. The lowest BCUT2D eigenvalue weighted by atomic mass is 10.1. The number of H-pyrrole nitrogens is 1. The summed E-state index contributed by atoms with van der Waals surface area (Å²) in [5, 5.41) is 7.34. The van der Waals surface area contributed by atoms with Crippen LogP contribution < -0.4 is 0 Å². The molecule has 1 unspecified atom stereocenters. The molecule has 7 nitrogen and oxygen atoms in total. The number of benzene rings is 1. The molecule has 3 aromatic rings. The molecule has 1 atom stereocenters. The molecule has 1 aromatic carbocycles. The highest BCUT2D eigenvalue weighted by molar-refractivity contribution is 5.94. The number of aromatic amines is 1. The Morgan fingerprint density at radius 2 is 1.93 bits per heavy atom. The maximum Gasteiger partial charge on any atom is 0.254 e. The third kappa shape index (κ3) is 4.91. The molecule has 1 saturated heterocycles. The molecule has 0 aliphatic carbocycles. The van der Waals surface area contributed by atoms with E-state index in [4.69, 9.17) is 0 Å². The Morgan fingerprint density at radius 3 is 2.67 bits per heavy atom. The highest BCUT2D eigenvalue weighted by Crippen LogP contribution is 2.25. The van der Waals surface area contributed by atoms with E-state index in [-0.39, 0.29) is 11.9 Å². The molecular formula is C23H28N6O. The van der Waals surface area contributed by atoms with E-state index in [1.54, 1.807) is 24.5 Å². The number of rotatable bonds is 6. The SMILES string of the molecule is Cc1nc(C2CN(CCCc3ccccc3)CCCN2C(=O)c2ccncc2)n[nH]1. The first kappa shape index (κ1) is 20.2. The van der Waals surface area contributed by atoms with Gasteiger partial charge in [0.05, 0.1) is 0 Å². The van der Waals surface area contributed by atoms with Crippen LogP contribution in [0.25, 0.3) is 0 Å². The van der Waals surface area contributed by atoms with Gasteiger partial charge in [-0.1, -0.05) is 30.3 Å². The average molecular weight is 405 g/mol. The summed E-state index contributed by atoms with van der Waals surface area (Å²) in [5.41, 5.74) is 2.02. The number of nitrogens with zero attached hydrogens (tertiary/aromatic N) is 5. The van der Waals surface area contributed by atoms with Crippen LogP contribution in [-0.2, 0) is 6.42 Å². The molecule has 0 spiro atoms. The summed E-state index contributed by atoms with van der Waals surface area (Å²) < 4.78 is 0. The molecule has 0 bridgehead atoms. The van der Waals surface area contributed by atoms with Gasteiger partial charge < -0.3 is 9.80 Å². The van der Waals surface area contributed by atoms with Crippen molar-refractivity contribution in [1.29, 1.82) is 0 Å². The van der Waals surface area contributed by atoms with Gasteiger partial charge in [0.2, 0.25) is 0 Å². The number of pyridine rings is 1. The summed E-state index contributed by atoms with van der Waals surface area (Å²) in [6.45, 7) is 5.28. The molecule has 2 aromatic heterocycles. The molecule has 1 N–H and O–H groups in total. The number of carbonyl (C=O) groups is 1. The van der Waals surface area contributed by atoms with Crippen LogP contribution in [0.2, 0.25) is 0 Å². The fourth-order valence-electron chi connectivity index (χ4n) is 4.04. The molecular weight excluding hydrogens is 376 g/mol. The van der Waals surface area contributed by atoms with Crippen molar-refractivity contribution < 1.29 is 4.79 Å². The number of amides is 1. The topological polar surface area (TPSA) is 78.0 Å². The highest BCUT2D eigenvalue weighted by Gasteiger charge is 2.32. The Labute approximate surface area is 177 Å². The number of aryl methyl sites for hydroxylation is 2. The zero-order valence-corrected chi connectivity index (χ0v) is 17.4. The van der Waals surface area contributed by atoms with Crippen molar-refractivity contribution in [2.45, 2.75) is 32.2 Å². The molecule has 1 aliphatic rings. The Kier molecular flexibility index (Phi) is 6.49. The van der Waals surface area contributed by atoms with Gasteiger partial charge in [-0.2, -0.15) is 5.10 Å². The van der Waals surface area contributed by atoms with Gasteiger partial charge in [0, 0.05) is 31.0 Å². The predicted octanol–water partition coefficient (Wildman–Crippen LogP) is 3.03. The third-order valence-electron chi connectivity index (χ3n) is 5.56.